The van der Waals surface area contributed by atoms with Gasteiger partial charge in [0.25, 0.3) is 17.4 Å². The second kappa shape index (κ2) is 11.3. The molecule has 0 unspecified atom stereocenters. The lowest BCUT2D eigenvalue weighted by molar-refractivity contribution is -0.122. The summed E-state index contributed by atoms with van der Waals surface area (Å²) in [5.41, 5.74) is 2.76. The molecule has 9 nitrogen and oxygen atoms in total. The van der Waals surface area contributed by atoms with Gasteiger partial charge in [0.15, 0.2) is 5.11 Å². The van der Waals surface area contributed by atoms with Gasteiger partial charge < -0.3 is 10.1 Å². The van der Waals surface area contributed by atoms with Gasteiger partial charge in [-0.1, -0.05) is 42.0 Å². The van der Waals surface area contributed by atoms with Gasteiger partial charge in [-0.2, -0.15) is 0 Å². The molecule has 1 aliphatic heterocycles. The third-order valence-electron chi connectivity index (χ3n) is 6.78. The van der Waals surface area contributed by atoms with E-state index in [4.69, 9.17) is 17.0 Å². The molecule has 0 bridgehead atoms. The summed E-state index contributed by atoms with van der Waals surface area (Å²) in [5, 5.41) is 5.67. The number of amides is 2. The summed E-state index contributed by atoms with van der Waals surface area (Å²) in [4.78, 5) is 46.5. The Labute approximate surface area is 252 Å². The molecule has 1 saturated heterocycles. The maximum absolute atomic E-state index is 13.8. The van der Waals surface area contributed by atoms with Crippen molar-refractivity contribution in [3.05, 3.63) is 130 Å². The predicted octanol–water partition coefficient (Wildman–Crippen LogP) is 5.68. The van der Waals surface area contributed by atoms with Crippen molar-refractivity contribution in [3.63, 3.8) is 0 Å². The van der Waals surface area contributed by atoms with E-state index in [1.807, 2.05) is 74.5 Å². The van der Waals surface area contributed by atoms with E-state index in [-0.39, 0.29) is 22.1 Å². The number of nitrogens with zero attached hydrogens (tertiary/aromatic N) is 3. The SMILES string of the molecule is Cc1ccc(Nc2nc3ccc(C)cn3c(=O)c2C=C2C(=O)NC(=S)N(c3ccc(Oc4ccccc4)cc3)C2=O)cc1. The van der Waals surface area contributed by atoms with Crippen LogP contribution in [0.4, 0.5) is 17.2 Å². The van der Waals surface area contributed by atoms with E-state index in [1.54, 1.807) is 36.5 Å². The van der Waals surface area contributed by atoms with E-state index >= 15 is 0 Å². The van der Waals surface area contributed by atoms with Crippen LogP contribution in [-0.2, 0) is 9.59 Å². The number of fused-ring (bicyclic) bond motifs is 1. The summed E-state index contributed by atoms with van der Waals surface area (Å²) in [6.45, 7) is 3.82. The topological polar surface area (TPSA) is 105 Å². The number of nitrogens with one attached hydrogen (secondary N) is 2. The van der Waals surface area contributed by atoms with E-state index in [1.165, 1.54) is 15.4 Å². The maximum Gasteiger partial charge on any atom is 0.270 e. The van der Waals surface area contributed by atoms with Crippen LogP contribution in [0.3, 0.4) is 0 Å². The average Bonchev–Trinajstić information content (AvgIpc) is 2.99. The molecule has 5 aromatic rings. The number of carbonyl (C=O) groups is 2. The Balaban J connectivity index is 1.40. The highest BCUT2D eigenvalue weighted by atomic mass is 32.1. The Morgan fingerprint density at radius 3 is 2.23 bits per heavy atom. The standard InChI is InChI=1S/C33H25N5O4S/c1-20-8-11-22(12-9-20)34-29-26(31(40)37-19-21(2)10-17-28(37)35-29)18-27-30(39)36-33(43)38(32(27)41)23-13-15-25(16-14-23)42-24-6-4-3-5-7-24/h3-19,34H,1-2H3,(H,36,39,43). The zero-order valence-corrected chi connectivity index (χ0v) is 24.0. The molecule has 0 saturated carbocycles. The molecule has 212 valence electrons. The number of para-hydroxylation sites is 1. The van der Waals surface area contributed by atoms with Gasteiger partial charge in [0, 0.05) is 11.9 Å². The first-order chi connectivity index (χ1) is 20.8. The first kappa shape index (κ1) is 27.6. The van der Waals surface area contributed by atoms with Crippen LogP contribution < -0.4 is 25.8 Å². The fourth-order valence-corrected chi connectivity index (χ4v) is 4.86. The van der Waals surface area contributed by atoms with Crippen molar-refractivity contribution in [2.75, 3.05) is 10.2 Å². The Morgan fingerprint density at radius 1 is 0.837 bits per heavy atom. The smallest absolute Gasteiger partial charge is 0.270 e. The van der Waals surface area contributed by atoms with Crippen molar-refractivity contribution in [1.82, 2.24) is 14.7 Å². The molecular weight excluding hydrogens is 562 g/mol. The molecule has 0 spiro atoms. The number of pyridine rings is 1. The highest BCUT2D eigenvalue weighted by Crippen LogP contribution is 2.28. The summed E-state index contributed by atoms with van der Waals surface area (Å²) in [6.07, 6.45) is 2.92. The highest BCUT2D eigenvalue weighted by Gasteiger charge is 2.35. The van der Waals surface area contributed by atoms with E-state index in [2.05, 4.69) is 15.6 Å². The Morgan fingerprint density at radius 2 is 1.51 bits per heavy atom. The fourth-order valence-electron chi connectivity index (χ4n) is 4.58. The summed E-state index contributed by atoms with van der Waals surface area (Å²) >= 11 is 5.37. The fraction of sp³-hybridized carbons (Fsp3) is 0.0606. The molecule has 2 N–H and O–H groups in total. The molecule has 3 aromatic carbocycles. The number of thiocarbonyl (C=S) groups is 1. The van der Waals surface area contributed by atoms with Crippen molar-refractivity contribution in [2.45, 2.75) is 13.8 Å². The van der Waals surface area contributed by atoms with Gasteiger partial charge >= 0.3 is 0 Å². The van der Waals surface area contributed by atoms with Crippen molar-refractivity contribution >= 4 is 58.1 Å². The van der Waals surface area contributed by atoms with Gasteiger partial charge in [-0.15, -0.1) is 0 Å². The molecule has 0 aliphatic carbocycles. The molecular formula is C33H25N5O4S. The van der Waals surface area contributed by atoms with Gasteiger partial charge in [0.1, 0.15) is 28.5 Å². The first-order valence-corrected chi connectivity index (χ1v) is 13.8. The molecule has 6 rings (SSSR count). The van der Waals surface area contributed by atoms with Crippen LogP contribution in [0.2, 0.25) is 0 Å². The summed E-state index contributed by atoms with van der Waals surface area (Å²) in [7, 11) is 0. The lowest BCUT2D eigenvalue weighted by atomic mass is 10.1. The second-order valence-electron chi connectivity index (χ2n) is 9.97. The van der Waals surface area contributed by atoms with Gasteiger partial charge in [0.2, 0.25) is 0 Å². The van der Waals surface area contributed by atoms with Crippen LogP contribution in [0.5, 0.6) is 11.5 Å². The molecule has 3 heterocycles. The van der Waals surface area contributed by atoms with Crippen molar-refractivity contribution in [2.24, 2.45) is 0 Å². The summed E-state index contributed by atoms with van der Waals surface area (Å²) < 4.78 is 7.24. The van der Waals surface area contributed by atoms with Gasteiger partial charge in [-0.05, 0) is 92.3 Å². The van der Waals surface area contributed by atoms with Gasteiger partial charge in [-0.3, -0.25) is 29.0 Å². The first-order valence-electron chi connectivity index (χ1n) is 13.4. The normalized spacial score (nSPS) is 14.2. The minimum atomic E-state index is -0.717. The van der Waals surface area contributed by atoms with E-state index in [0.29, 0.717) is 28.5 Å². The molecule has 1 aliphatic rings. The number of anilines is 3. The largest absolute Gasteiger partial charge is 0.457 e. The zero-order valence-electron chi connectivity index (χ0n) is 23.2. The van der Waals surface area contributed by atoms with Crippen LogP contribution >= 0.6 is 12.2 Å². The highest BCUT2D eigenvalue weighted by molar-refractivity contribution is 7.80. The minimum absolute atomic E-state index is 0.0431. The maximum atomic E-state index is 13.8. The number of aromatic nitrogens is 2. The third-order valence-corrected chi connectivity index (χ3v) is 7.07. The van der Waals surface area contributed by atoms with Crippen LogP contribution in [-0.4, -0.2) is 26.3 Å². The number of hydrogen-bond donors (Lipinski definition) is 2. The van der Waals surface area contributed by atoms with E-state index < -0.39 is 17.4 Å². The van der Waals surface area contributed by atoms with Crippen molar-refractivity contribution < 1.29 is 14.3 Å². The molecule has 1 fully saturated rings. The average molecular weight is 588 g/mol. The number of benzene rings is 3. The molecule has 0 radical (unpaired) electrons. The second-order valence-corrected chi connectivity index (χ2v) is 10.4. The molecule has 2 amide bonds. The summed E-state index contributed by atoms with van der Waals surface area (Å²) in [6, 6.07) is 27.1. The quantitative estimate of drug-likeness (QED) is 0.150. The minimum Gasteiger partial charge on any atom is -0.457 e. The molecule has 0 atom stereocenters. The molecule has 10 heteroatoms. The van der Waals surface area contributed by atoms with E-state index in [0.717, 1.165) is 11.1 Å². The summed E-state index contributed by atoms with van der Waals surface area (Å²) in [5.74, 6) is 0.0269. The lowest BCUT2D eigenvalue weighted by Gasteiger charge is -2.29. The molecule has 43 heavy (non-hydrogen) atoms. The van der Waals surface area contributed by atoms with Crippen molar-refractivity contribution in [3.8, 4) is 11.5 Å². The van der Waals surface area contributed by atoms with Gasteiger partial charge in [0.05, 0.1) is 11.3 Å². The Hall–Kier alpha value is -5.61. The number of hydrogen-bond acceptors (Lipinski definition) is 7. The van der Waals surface area contributed by atoms with Crippen molar-refractivity contribution in [1.29, 1.82) is 0 Å². The third kappa shape index (κ3) is 5.64. The van der Waals surface area contributed by atoms with Crippen LogP contribution in [0.25, 0.3) is 11.7 Å². The van der Waals surface area contributed by atoms with Crippen LogP contribution in [0, 0.1) is 13.8 Å². The van der Waals surface area contributed by atoms with Gasteiger partial charge in [-0.25, -0.2) is 4.98 Å². The zero-order chi connectivity index (χ0) is 30.1. The monoisotopic (exact) mass is 587 g/mol. The Bertz CT molecular complexity index is 1990. The number of aryl methyl sites for hydroxylation is 2. The predicted molar refractivity (Wildman–Crippen MR) is 170 cm³/mol. The lowest BCUT2D eigenvalue weighted by Crippen LogP contribution is -2.54. The van der Waals surface area contributed by atoms with Crippen LogP contribution in [0.15, 0.2) is 108 Å². The molecule has 2 aromatic heterocycles. The van der Waals surface area contributed by atoms with E-state index in [9.17, 15) is 14.4 Å². The Kier molecular flexibility index (Phi) is 7.27. The number of rotatable bonds is 6. The number of carbonyl (C=O) groups excluding carboxylic acids is 2. The van der Waals surface area contributed by atoms with Crippen LogP contribution in [0.1, 0.15) is 16.7 Å². The number of ether oxygens (including phenoxy) is 1.